The molecule has 0 aliphatic heterocycles. The molecule has 0 heteroatoms. The molecule has 31 heavy (non-hydrogen) atoms. The van der Waals surface area contributed by atoms with Gasteiger partial charge in [-0.25, -0.2) is 0 Å². The van der Waals surface area contributed by atoms with Crippen LogP contribution in [0.2, 0.25) is 0 Å². The highest BCUT2D eigenvalue weighted by Gasteiger charge is 2.50. The molecule has 0 saturated carbocycles. The van der Waals surface area contributed by atoms with Crippen molar-refractivity contribution in [1.29, 1.82) is 0 Å². The minimum absolute atomic E-state index is 0.301. The summed E-state index contributed by atoms with van der Waals surface area (Å²) in [7, 11) is 0. The van der Waals surface area contributed by atoms with Crippen molar-refractivity contribution in [2.75, 3.05) is 0 Å². The van der Waals surface area contributed by atoms with Gasteiger partial charge in [0.25, 0.3) is 0 Å². The summed E-state index contributed by atoms with van der Waals surface area (Å²) in [4.78, 5) is 0. The van der Waals surface area contributed by atoms with Gasteiger partial charge in [-0.05, 0) is 66.8 Å². The molecule has 1 aliphatic carbocycles. The van der Waals surface area contributed by atoms with Crippen molar-refractivity contribution in [2.45, 2.75) is 117 Å². The van der Waals surface area contributed by atoms with Crippen molar-refractivity contribution in [3.05, 3.63) is 59.2 Å². The normalized spacial score (nSPS) is 19.5. The second-order valence-electron chi connectivity index (χ2n) is 10.3. The van der Waals surface area contributed by atoms with Gasteiger partial charge in [-0.1, -0.05) is 120 Å². The Labute approximate surface area is 192 Å². The first-order valence-corrected chi connectivity index (χ1v) is 13.3. The van der Waals surface area contributed by atoms with Gasteiger partial charge < -0.3 is 0 Å². The number of allylic oxidation sites excluding steroid dienone is 2. The number of rotatable bonds is 12. The molecule has 0 bridgehead atoms. The van der Waals surface area contributed by atoms with Gasteiger partial charge in [0.1, 0.15) is 0 Å². The van der Waals surface area contributed by atoms with E-state index in [1.165, 1.54) is 87.0 Å². The summed E-state index contributed by atoms with van der Waals surface area (Å²) in [5, 5.41) is 2.97. The van der Waals surface area contributed by atoms with Crippen LogP contribution in [0.15, 0.2) is 48.0 Å². The molecule has 3 rings (SSSR count). The summed E-state index contributed by atoms with van der Waals surface area (Å²) in [5.41, 5.74) is 5.19. The third-order valence-corrected chi connectivity index (χ3v) is 7.84. The fourth-order valence-corrected chi connectivity index (χ4v) is 6.45. The topological polar surface area (TPSA) is 0 Å². The summed E-state index contributed by atoms with van der Waals surface area (Å²) in [5.74, 6) is 1.30. The zero-order chi connectivity index (χ0) is 22.3. The average molecular weight is 419 g/mol. The second kappa shape index (κ2) is 11.3. The van der Waals surface area contributed by atoms with Crippen LogP contribution in [0.3, 0.4) is 0 Å². The van der Waals surface area contributed by atoms with Gasteiger partial charge in [0, 0.05) is 5.41 Å². The fraction of sp³-hybridized carbons (Fsp3) is 0.613. The van der Waals surface area contributed by atoms with Crippen LogP contribution in [0.5, 0.6) is 0 Å². The van der Waals surface area contributed by atoms with E-state index in [-0.39, 0.29) is 0 Å². The van der Waals surface area contributed by atoms with E-state index < -0.39 is 0 Å². The molecular formula is C31H46. The maximum atomic E-state index is 2.67. The van der Waals surface area contributed by atoms with Gasteiger partial charge in [0.15, 0.2) is 0 Å². The van der Waals surface area contributed by atoms with Crippen molar-refractivity contribution in [2.24, 2.45) is 5.92 Å². The highest BCUT2D eigenvalue weighted by atomic mass is 14.5. The summed E-state index contributed by atoms with van der Waals surface area (Å²) in [6, 6.07) is 14.1. The Balaban J connectivity index is 2.16. The molecule has 0 amide bonds. The van der Waals surface area contributed by atoms with E-state index in [1.807, 2.05) is 0 Å². The lowest BCUT2D eigenvalue weighted by molar-refractivity contribution is 0.251. The Kier molecular flexibility index (Phi) is 8.82. The number of unbranched alkanes of at least 4 members (excludes halogenated alkanes) is 6. The van der Waals surface area contributed by atoms with Crippen LogP contribution in [-0.2, 0) is 5.41 Å². The lowest BCUT2D eigenvalue weighted by Gasteiger charge is -2.39. The van der Waals surface area contributed by atoms with Gasteiger partial charge >= 0.3 is 0 Å². The monoisotopic (exact) mass is 418 g/mol. The minimum atomic E-state index is 0.301. The standard InChI is InChI=1S/C31H46/c1-6-9-11-15-21-31(22-16-12-10-7-2)29(23-24(4)5)26(8-3)28-20-19-25-17-13-14-18-27(25)30(28)31/h13-14,17-20,23,26,29H,6-12,15-16,21-22H2,1-5H3. The Hall–Kier alpha value is -1.56. The molecule has 0 spiro atoms. The van der Waals surface area contributed by atoms with Crippen molar-refractivity contribution in [3.63, 3.8) is 0 Å². The molecule has 2 aromatic rings. The lowest BCUT2D eigenvalue weighted by atomic mass is 9.65. The van der Waals surface area contributed by atoms with Crippen LogP contribution in [0.4, 0.5) is 0 Å². The van der Waals surface area contributed by atoms with Gasteiger partial charge in [0.2, 0.25) is 0 Å². The molecule has 0 fully saturated rings. The number of hydrogen-bond acceptors (Lipinski definition) is 0. The fourth-order valence-electron chi connectivity index (χ4n) is 6.45. The molecule has 1 aliphatic rings. The maximum Gasteiger partial charge on any atom is 0.00306 e. The predicted molar refractivity (Wildman–Crippen MR) is 139 cm³/mol. The number of hydrogen-bond donors (Lipinski definition) is 0. The maximum absolute atomic E-state index is 2.67. The van der Waals surface area contributed by atoms with Crippen LogP contribution in [0.1, 0.15) is 122 Å². The van der Waals surface area contributed by atoms with Crippen molar-refractivity contribution < 1.29 is 0 Å². The first kappa shape index (κ1) is 24.1. The van der Waals surface area contributed by atoms with Crippen molar-refractivity contribution in [1.82, 2.24) is 0 Å². The van der Waals surface area contributed by atoms with Gasteiger partial charge in [-0.2, -0.15) is 0 Å². The van der Waals surface area contributed by atoms with E-state index in [4.69, 9.17) is 0 Å². The third kappa shape index (κ3) is 5.10. The van der Waals surface area contributed by atoms with Gasteiger partial charge in [0.05, 0.1) is 0 Å². The van der Waals surface area contributed by atoms with Crippen LogP contribution in [0.25, 0.3) is 10.8 Å². The van der Waals surface area contributed by atoms with Gasteiger partial charge in [-0.15, -0.1) is 0 Å². The number of fused-ring (bicyclic) bond motifs is 3. The van der Waals surface area contributed by atoms with Crippen LogP contribution in [-0.4, -0.2) is 0 Å². The molecule has 0 aromatic heterocycles. The van der Waals surface area contributed by atoms with E-state index in [0.29, 0.717) is 17.3 Å². The lowest BCUT2D eigenvalue weighted by Crippen LogP contribution is -2.32. The van der Waals surface area contributed by atoms with Crippen molar-refractivity contribution >= 4 is 10.8 Å². The van der Waals surface area contributed by atoms with E-state index in [1.54, 1.807) is 11.1 Å². The summed E-state index contributed by atoms with van der Waals surface area (Å²) in [6.07, 6.45) is 17.5. The summed E-state index contributed by atoms with van der Waals surface area (Å²) in [6.45, 7) is 11.7. The van der Waals surface area contributed by atoms with Crippen molar-refractivity contribution in [3.8, 4) is 0 Å². The average Bonchev–Trinajstić information content (AvgIpc) is 3.03. The molecular weight excluding hydrogens is 372 g/mol. The first-order chi connectivity index (χ1) is 15.1. The second-order valence-corrected chi connectivity index (χ2v) is 10.3. The summed E-state index contributed by atoms with van der Waals surface area (Å²) >= 11 is 0. The Morgan fingerprint density at radius 2 is 1.45 bits per heavy atom. The molecule has 0 heterocycles. The van der Waals surface area contributed by atoms with E-state index >= 15 is 0 Å². The molecule has 2 atom stereocenters. The molecule has 2 aromatic carbocycles. The molecule has 170 valence electrons. The molecule has 0 nitrogen and oxygen atoms in total. The minimum Gasteiger partial charge on any atom is -0.0813 e. The molecule has 2 unspecified atom stereocenters. The van der Waals surface area contributed by atoms with Crippen LogP contribution >= 0.6 is 0 Å². The van der Waals surface area contributed by atoms with Crippen LogP contribution in [0, 0.1) is 5.92 Å². The van der Waals surface area contributed by atoms with Gasteiger partial charge in [-0.3, -0.25) is 0 Å². The van der Waals surface area contributed by atoms with E-state index in [2.05, 4.69) is 77.1 Å². The molecule has 0 N–H and O–H groups in total. The highest BCUT2D eigenvalue weighted by Crippen LogP contribution is 2.59. The zero-order valence-corrected chi connectivity index (χ0v) is 21.0. The smallest absolute Gasteiger partial charge is 0.00306 e. The Morgan fingerprint density at radius 3 is 2.03 bits per heavy atom. The number of benzene rings is 2. The summed E-state index contributed by atoms with van der Waals surface area (Å²) < 4.78 is 0. The first-order valence-electron chi connectivity index (χ1n) is 13.3. The molecule has 0 radical (unpaired) electrons. The predicted octanol–water partition coefficient (Wildman–Crippen LogP) is 10.1. The quantitative estimate of drug-likeness (QED) is 0.237. The SMILES string of the molecule is CCCCCCC1(CCCCCC)c2c(ccc3ccccc23)C(CC)C1C=C(C)C. The highest BCUT2D eigenvalue weighted by molar-refractivity contribution is 5.89. The van der Waals surface area contributed by atoms with E-state index in [0.717, 1.165) is 0 Å². The Bertz CT molecular complexity index is 839. The van der Waals surface area contributed by atoms with E-state index in [9.17, 15) is 0 Å². The zero-order valence-electron chi connectivity index (χ0n) is 21.0. The Morgan fingerprint density at radius 1 is 0.806 bits per heavy atom. The largest absolute Gasteiger partial charge is 0.0813 e. The van der Waals surface area contributed by atoms with Crippen LogP contribution < -0.4 is 0 Å². The molecule has 0 saturated heterocycles. The third-order valence-electron chi connectivity index (χ3n) is 7.84.